The number of nitrogens with zero attached hydrogens (tertiary/aromatic N) is 2. The van der Waals surface area contributed by atoms with E-state index in [1.165, 1.54) is 25.3 Å². The summed E-state index contributed by atoms with van der Waals surface area (Å²) < 4.78 is 11.4. The molecule has 0 saturated carbocycles. The Morgan fingerprint density at radius 1 is 1.26 bits per heavy atom. The lowest BCUT2D eigenvalue weighted by Crippen LogP contribution is -1.94. The summed E-state index contributed by atoms with van der Waals surface area (Å²) in [6.07, 6.45) is 1.57. The number of rotatable bonds is 4. The zero-order chi connectivity index (χ0) is 13.8. The second-order valence-electron chi connectivity index (χ2n) is 3.51. The third kappa shape index (κ3) is 3.19. The standard InChI is InChI=1S/C12H9BrN2O4/c1-18-10-4-3-9(15(16)17)6-11(10)19-12-5-2-8(13)7-14-12/h2-7H,1H3. The Morgan fingerprint density at radius 2 is 2.05 bits per heavy atom. The largest absolute Gasteiger partial charge is 0.493 e. The molecule has 0 amide bonds. The van der Waals surface area contributed by atoms with Crippen LogP contribution in [0, 0.1) is 10.1 Å². The first-order chi connectivity index (χ1) is 9.10. The minimum atomic E-state index is -0.499. The van der Waals surface area contributed by atoms with Crippen LogP contribution in [0.25, 0.3) is 0 Å². The highest BCUT2D eigenvalue weighted by atomic mass is 79.9. The van der Waals surface area contributed by atoms with Crippen LogP contribution in [0.5, 0.6) is 17.4 Å². The molecule has 0 atom stereocenters. The van der Waals surface area contributed by atoms with E-state index in [2.05, 4.69) is 20.9 Å². The molecule has 19 heavy (non-hydrogen) atoms. The van der Waals surface area contributed by atoms with E-state index >= 15 is 0 Å². The van der Waals surface area contributed by atoms with Gasteiger partial charge >= 0.3 is 0 Å². The van der Waals surface area contributed by atoms with Crippen LogP contribution in [0.4, 0.5) is 5.69 Å². The molecule has 7 heteroatoms. The summed E-state index contributed by atoms with van der Waals surface area (Å²) >= 11 is 3.26. The Labute approximate surface area is 117 Å². The number of pyridine rings is 1. The fourth-order valence-electron chi connectivity index (χ4n) is 1.39. The predicted octanol–water partition coefficient (Wildman–Crippen LogP) is 3.55. The quantitative estimate of drug-likeness (QED) is 0.635. The van der Waals surface area contributed by atoms with E-state index in [9.17, 15) is 10.1 Å². The van der Waals surface area contributed by atoms with Gasteiger partial charge in [0.05, 0.1) is 18.1 Å². The highest BCUT2D eigenvalue weighted by molar-refractivity contribution is 9.10. The van der Waals surface area contributed by atoms with E-state index in [0.29, 0.717) is 11.6 Å². The Morgan fingerprint density at radius 3 is 2.63 bits per heavy atom. The number of ether oxygens (including phenoxy) is 2. The number of benzene rings is 1. The number of hydrogen-bond donors (Lipinski definition) is 0. The topological polar surface area (TPSA) is 74.5 Å². The molecule has 1 aromatic carbocycles. The summed E-state index contributed by atoms with van der Waals surface area (Å²) in [6, 6.07) is 7.52. The molecule has 2 rings (SSSR count). The molecular formula is C12H9BrN2O4. The van der Waals surface area contributed by atoms with E-state index in [1.54, 1.807) is 18.3 Å². The lowest BCUT2D eigenvalue weighted by molar-refractivity contribution is -0.384. The molecule has 0 unspecified atom stereocenters. The Hall–Kier alpha value is -2.15. The smallest absolute Gasteiger partial charge is 0.273 e. The van der Waals surface area contributed by atoms with Crippen LogP contribution in [0.15, 0.2) is 41.0 Å². The van der Waals surface area contributed by atoms with Crippen LogP contribution in [-0.4, -0.2) is 17.0 Å². The average molecular weight is 325 g/mol. The van der Waals surface area contributed by atoms with Crippen LogP contribution < -0.4 is 9.47 Å². The van der Waals surface area contributed by atoms with Gasteiger partial charge in [0.1, 0.15) is 0 Å². The Bertz CT molecular complexity index is 601. The van der Waals surface area contributed by atoms with E-state index < -0.39 is 4.92 Å². The van der Waals surface area contributed by atoms with Crippen molar-refractivity contribution in [3.8, 4) is 17.4 Å². The van der Waals surface area contributed by atoms with Gasteiger partial charge in [-0.3, -0.25) is 10.1 Å². The third-order valence-electron chi connectivity index (χ3n) is 2.27. The van der Waals surface area contributed by atoms with Gasteiger partial charge in [0, 0.05) is 22.8 Å². The van der Waals surface area contributed by atoms with Gasteiger partial charge in [0.25, 0.3) is 5.69 Å². The molecule has 0 spiro atoms. The van der Waals surface area contributed by atoms with Crippen LogP contribution in [0.1, 0.15) is 0 Å². The maximum absolute atomic E-state index is 10.7. The molecule has 0 radical (unpaired) electrons. The molecule has 6 nitrogen and oxygen atoms in total. The molecule has 1 aromatic heterocycles. The lowest BCUT2D eigenvalue weighted by Gasteiger charge is -2.09. The van der Waals surface area contributed by atoms with Crippen molar-refractivity contribution in [2.75, 3.05) is 7.11 Å². The monoisotopic (exact) mass is 324 g/mol. The van der Waals surface area contributed by atoms with Gasteiger partial charge in [0.2, 0.25) is 5.88 Å². The maximum atomic E-state index is 10.7. The lowest BCUT2D eigenvalue weighted by atomic mass is 10.3. The van der Waals surface area contributed by atoms with Crippen molar-refractivity contribution in [2.24, 2.45) is 0 Å². The van der Waals surface area contributed by atoms with Crippen molar-refractivity contribution in [1.29, 1.82) is 0 Å². The molecule has 98 valence electrons. The van der Waals surface area contributed by atoms with Crippen molar-refractivity contribution in [1.82, 2.24) is 4.98 Å². The number of non-ortho nitro benzene ring substituents is 1. The molecule has 0 aliphatic carbocycles. The van der Waals surface area contributed by atoms with E-state index in [4.69, 9.17) is 9.47 Å². The van der Waals surface area contributed by atoms with Crippen LogP contribution in [-0.2, 0) is 0 Å². The van der Waals surface area contributed by atoms with Crippen molar-refractivity contribution < 1.29 is 14.4 Å². The first-order valence-corrected chi connectivity index (χ1v) is 6.01. The molecule has 0 bridgehead atoms. The fourth-order valence-corrected chi connectivity index (χ4v) is 1.63. The van der Waals surface area contributed by atoms with Crippen LogP contribution >= 0.6 is 15.9 Å². The molecule has 0 saturated heterocycles. The maximum Gasteiger partial charge on any atom is 0.273 e. The molecule has 1 heterocycles. The van der Waals surface area contributed by atoms with Crippen molar-refractivity contribution in [2.45, 2.75) is 0 Å². The first kappa shape index (κ1) is 13.3. The molecular weight excluding hydrogens is 316 g/mol. The fraction of sp³-hybridized carbons (Fsp3) is 0.0833. The normalized spacial score (nSPS) is 10.0. The van der Waals surface area contributed by atoms with Gasteiger partial charge in [-0.2, -0.15) is 0 Å². The summed E-state index contributed by atoms with van der Waals surface area (Å²) in [4.78, 5) is 14.3. The highest BCUT2D eigenvalue weighted by Gasteiger charge is 2.13. The highest BCUT2D eigenvalue weighted by Crippen LogP contribution is 2.34. The Balaban J connectivity index is 2.34. The van der Waals surface area contributed by atoms with E-state index in [-0.39, 0.29) is 11.4 Å². The van der Waals surface area contributed by atoms with Gasteiger partial charge < -0.3 is 9.47 Å². The molecule has 0 N–H and O–H groups in total. The van der Waals surface area contributed by atoms with E-state index in [0.717, 1.165) is 4.47 Å². The predicted molar refractivity (Wildman–Crippen MR) is 71.7 cm³/mol. The SMILES string of the molecule is COc1ccc([N+](=O)[O-])cc1Oc1ccc(Br)cn1. The summed E-state index contributed by atoms with van der Waals surface area (Å²) in [5.41, 5.74) is -0.0760. The molecule has 0 aliphatic heterocycles. The third-order valence-corrected chi connectivity index (χ3v) is 2.74. The molecule has 2 aromatic rings. The van der Waals surface area contributed by atoms with Gasteiger partial charge in [-0.25, -0.2) is 4.98 Å². The van der Waals surface area contributed by atoms with Crippen molar-refractivity contribution in [3.63, 3.8) is 0 Å². The minimum Gasteiger partial charge on any atom is -0.493 e. The number of nitro groups is 1. The number of methoxy groups -OCH3 is 1. The number of nitro benzene ring substituents is 1. The second-order valence-corrected chi connectivity index (χ2v) is 4.42. The summed E-state index contributed by atoms with van der Waals surface area (Å²) in [7, 11) is 1.46. The number of halogens is 1. The van der Waals surface area contributed by atoms with Gasteiger partial charge in [-0.1, -0.05) is 0 Å². The van der Waals surface area contributed by atoms with Gasteiger partial charge in [-0.05, 0) is 28.1 Å². The van der Waals surface area contributed by atoms with Crippen LogP contribution in [0.2, 0.25) is 0 Å². The Kier molecular flexibility index (Phi) is 3.96. The second kappa shape index (κ2) is 5.66. The minimum absolute atomic E-state index is 0.0760. The summed E-state index contributed by atoms with van der Waals surface area (Å²) in [5.74, 6) is 0.962. The first-order valence-electron chi connectivity index (χ1n) is 5.22. The number of aromatic nitrogens is 1. The van der Waals surface area contributed by atoms with Crippen molar-refractivity contribution in [3.05, 3.63) is 51.1 Å². The summed E-state index contributed by atoms with van der Waals surface area (Å²) in [5, 5.41) is 10.7. The van der Waals surface area contributed by atoms with Crippen LogP contribution in [0.3, 0.4) is 0 Å². The van der Waals surface area contributed by atoms with Gasteiger partial charge in [0.15, 0.2) is 11.5 Å². The molecule has 0 aliphatic rings. The average Bonchev–Trinajstić information content (AvgIpc) is 2.41. The van der Waals surface area contributed by atoms with E-state index in [1.807, 2.05) is 0 Å². The summed E-state index contributed by atoms with van der Waals surface area (Å²) in [6.45, 7) is 0. The van der Waals surface area contributed by atoms with Gasteiger partial charge in [-0.15, -0.1) is 0 Å². The molecule has 0 fully saturated rings. The number of hydrogen-bond acceptors (Lipinski definition) is 5. The zero-order valence-corrected chi connectivity index (χ0v) is 11.5. The zero-order valence-electron chi connectivity index (χ0n) is 9.87. The van der Waals surface area contributed by atoms with Crippen molar-refractivity contribution >= 4 is 21.6 Å².